The van der Waals surface area contributed by atoms with E-state index in [0.29, 0.717) is 21.6 Å². The van der Waals surface area contributed by atoms with Gasteiger partial charge in [0.1, 0.15) is 0 Å². The summed E-state index contributed by atoms with van der Waals surface area (Å²) in [5.41, 5.74) is 3.18. The van der Waals surface area contributed by atoms with Crippen LogP contribution < -0.4 is 5.32 Å². The van der Waals surface area contributed by atoms with Gasteiger partial charge in [-0.1, -0.05) is 59.9 Å². The minimum absolute atomic E-state index is 0.510. The van der Waals surface area contributed by atoms with Gasteiger partial charge in [-0.3, -0.25) is 0 Å². The molecular formula is C15H14Cl3N. The van der Waals surface area contributed by atoms with Crippen LogP contribution in [-0.4, -0.2) is 0 Å². The highest BCUT2D eigenvalue weighted by atomic mass is 35.5. The van der Waals surface area contributed by atoms with E-state index in [1.54, 1.807) is 12.1 Å². The molecule has 0 aromatic heterocycles. The number of anilines is 1. The van der Waals surface area contributed by atoms with Crippen molar-refractivity contribution in [2.24, 2.45) is 0 Å². The van der Waals surface area contributed by atoms with Gasteiger partial charge in [0.25, 0.3) is 0 Å². The molecule has 1 nitrogen and oxygen atoms in total. The Balaban J connectivity index is 2.21. The first kappa shape index (κ1) is 14.5. The van der Waals surface area contributed by atoms with Crippen molar-refractivity contribution in [2.75, 3.05) is 5.32 Å². The summed E-state index contributed by atoms with van der Waals surface area (Å²) in [4.78, 5) is 0. The van der Waals surface area contributed by atoms with E-state index >= 15 is 0 Å². The van der Waals surface area contributed by atoms with Crippen LogP contribution >= 0.6 is 34.8 Å². The van der Waals surface area contributed by atoms with Gasteiger partial charge in [-0.25, -0.2) is 0 Å². The molecule has 100 valence electrons. The van der Waals surface area contributed by atoms with Gasteiger partial charge in [-0.15, -0.1) is 0 Å². The van der Waals surface area contributed by atoms with Gasteiger partial charge in [-0.05, 0) is 30.2 Å². The number of hydrogen-bond acceptors (Lipinski definition) is 1. The first-order chi connectivity index (χ1) is 9.13. The van der Waals surface area contributed by atoms with Crippen molar-refractivity contribution in [3.63, 3.8) is 0 Å². The SMILES string of the molecule is CCc1ccccc1NCc1c(Cl)ccc(Cl)c1Cl. The van der Waals surface area contributed by atoms with Crippen LogP contribution in [0.1, 0.15) is 18.1 Å². The van der Waals surface area contributed by atoms with Gasteiger partial charge >= 0.3 is 0 Å². The smallest absolute Gasteiger partial charge is 0.0657 e. The minimum Gasteiger partial charge on any atom is -0.381 e. The fourth-order valence-corrected chi connectivity index (χ4v) is 2.60. The average Bonchev–Trinajstić information content (AvgIpc) is 2.43. The van der Waals surface area contributed by atoms with Crippen LogP contribution in [0, 0.1) is 0 Å². The molecule has 0 saturated heterocycles. The lowest BCUT2D eigenvalue weighted by molar-refractivity contribution is 1.09. The molecule has 1 N–H and O–H groups in total. The monoisotopic (exact) mass is 313 g/mol. The molecule has 0 radical (unpaired) electrons. The highest BCUT2D eigenvalue weighted by Gasteiger charge is 2.10. The molecule has 0 unspecified atom stereocenters. The first-order valence-corrected chi connectivity index (χ1v) is 7.21. The molecule has 0 heterocycles. The summed E-state index contributed by atoms with van der Waals surface area (Å²) < 4.78 is 0. The third kappa shape index (κ3) is 3.36. The lowest BCUT2D eigenvalue weighted by atomic mass is 10.1. The molecule has 0 aliphatic rings. The van der Waals surface area contributed by atoms with E-state index in [-0.39, 0.29) is 0 Å². The normalized spacial score (nSPS) is 10.5. The van der Waals surface area contributed by atoms with E-state index in [1.807, 2.05) is 18.2 Å². The van der Waals surface area contributed by atoms with Crippen LogP contribution in [0.5, 0.6) is 0 Å². The van der Waals surface area contributed by atoms with Gasteiger partial charge < -0.3 is 5.32 Å². The predicted molar refractivity (Wildman–Crippen MR) is 84.6 cm³/mol. The number of benzene rings is 2. The van der Waals surface area contributed by atoms with Crippen LogP contribution in [0.2, 0.25) is 15.1 Å². The van der Waals surface area contributed by atoms with Crippen molar-refractivity contribution >= 4 is 40.5 Å². The van der Waals surface area contributed by atoms with E-state index in [0.717, 1.165) is 17.7 Å². The van der Waals surface area contributed by atoms with Crippen molar-refractivity contribution in [2.45, 2.75) is 19.9 Å². The molecule has 0 spiro atoms. The number of para-hydroxylation sites is 1. The van der Waals surface area contributed by atoms with Crippen molar-refractivity contribution in [1.29, 1.82) is 0 Å². The lowest BCUT2D eigenvalue weighted by Crippen LogP contribution is -2.03. The third-order valence-electron chi connectivity index (χ3n) is 2.99. The van der Waals surface area contributed by atoms with Crippen molar-refractivity contribution in [1.82, 2.24) is 0 Å². The predicted octanol–water partition coefficient (Wildman–Crippen LogP) is 5.82. The number of nitrogens with one attached hydrogen (secondary N) is 1. The highest BCUT2D eigenvalue weighted by molar-refractivity contribution is 6.44. The van der Waals surface area contributed by atoms with Crippen molar-refractivity contribution in [3.05, 3.63) is 62.6 Å². The van der Waals surface area contributed by atoms with E-state index < -0.39 is 0 Å². The molecule has 0 bridgehead atoms. The maximum absolute atomic E-state index is 6.18. The molecular weight excluding hydrogens is 301 g/mol. The van der Waals surface area contributed by atoms with Gasteiger partial charge in [0.15, 0.2) is 0 Å². The molecule has 2 aromatic rings. The second-order valence-electron chi connectivity index (χ2n) is 4.19. The van der Waals surface area contributed by atoms with Crippen molar-refractivity contribution in [3.8, 4) is 0 Å². The fraction of sp³-hybridized carbons (Fsp3) is 0.200. The molecule has 19 heavy (non-hydrogen) atoms. The summed E-state index contributed by atoms with van der Waals surface area (Å²) in [6, 6.07) is 11.6. The van der Waals surface area contributed by atoms with Gasteiger partial charge in [-0.2, -0.15) is 0 Å². The van der Waals surface area contributed by atoms with Crippen molar-refractivity contribution < 1.29 is 0 Å². The molecule has 0 fully saturated rings. The van der Waals surface area contributed by atoms with Crippen LogP contribution in [0.25, 0.3) is 0 Å². The Kier molecular flexibility index (Phi) is 4.98. The highest BCUT2D eigenvalue weighted by Crippen LogP contribution is 2.32. The van der Waals surface area contributed by atoms with Crippen LogP contribution in [-0.2, 0) is 13.0 Å². The maximum atomic E-state index is 6.18. The average molecular weight is 315 g/mol. The fourth-order valence-electron chi connectivity index (χ4n) is 1.92. The minimum atomic E-state index is 0.510. The summed E-state index contributed by atoms with van der Waals surface area (Å²) in [6.45, 7) is 2.68. The quantitative estimate of drug-likeness (QED) is 0.701. The zero-order valence-corrected chi connectivity index (χ0v) is 12.8. The van der Waals surface area contributed by atoms with E-state index in [2.05, 4.69) is 18.3 Å². The van der Waals surface area contributed by atoms with E-state index in [4.69, 9.17) is 34.8 Å². The topological polar surface area (TPSA) is 12.0 Å². The number of rotatable bonds is 4. The summed E-state index contributed by atoms with van der Waals surface area (Å²) in [5, 5.41) is 5.01. The number of hydrogen-bond donors (Lipinski definition) is 1. The Bertz CT molecular complexity index is 582. The molecule has 4 heteroatoms. The molecule has 0 atom stereocenters. The van der Waals surface area contributed by atoms with E-state index in [9.17, 15) is 0 Å². The number of halogens is 3. The van der Waals surface area contributed by atoms with Crippen LogP contribution in [0.4, 0.5) is 5.69 Å². The van der Waals surface area contributed by atoms with Gasteiger partial charge in [0, 0.05) is 22.8 Å². The molecule has 0 aliphatic carbocycles. The van der Waals surface area contributed by atoms with Gasteiger partial charge in [0.2, 0.25) is 0 Å². The Hall–Kier alpha value is -0.890. The Morgan fingerprint density at radius 3 is 2.37 bits per heavy atom. The second-order valence-corrected chi connectivity index (χ2v) is 5.38. The Morgan fingerprint density at radius 1 is 0.947 bits per heavy atom. The zero-order valence-electron chi connectivity index (χ0n) is 10.5. The summed E-state index contributed by atoms with van der Waals surface area (Å²) >= 11 is 18.3. The summed E-state index contributed by atoms with van der Waals surface area (Å²) in [6.07, 6.45) is 0.972. The van der Waals surface area contributed by atoms with E-state index in [1.165, 1.54) is 5.56 Å². The molecule has 2 rings (SSSR count). The largest absolute Gasteiger partial charge is 0.381 e. The van der Waals surface area contributed by atoms with Crippen LogP contribution in [0.3, 0.4) is 0 Å². The van der Waals surface area contributed by atoms with Crippen LogP contribution in [0.15, 0.2) is 36.4 Å². The maximum Gasteiger partial charge on any atom is 0.0657 e. The second kappa shape index (κ2) is 6.51. The summed E-state index contributed by atoms with van der Waals surface area (Å²) in [5.74, 6) is 0. The standard InChI is InChI=1S/C15H14Cl3N/c1-2-10-5-3-4-6-14(10)19-9-11-12(16)7-8-13(17)15(11)18/h3-8,19H,2,9H2,1H3. The molecule has 2 aromatic carbocycles. The molecule has 0 aliphatic heterocycles. The Morgan fingerprint density at radius 2 is 1.63 bits per heavy atom. The molecule has 0 amide bonds. The Labute approximate surface area is 128 Å². The lowest BCUT2D eigenvalue weighted by Gasteiger charge is -2.13. The third-order valence-corrected chi connectivity index (χ3v) is 4.19. The zero-order chi connectivity index (χ0) is 13.8. The number of aryl methyl sites for hydroxylation is 1. The van der Waals surface area contributed by atoms with Gasteiger partial charge in [0.05, 0.1) is 10.0 Å². The first-order valence-electron chi connectivity index (χ1n) is 6.07. The summed E-state index contributed by atoms with van der Waals surface area (Å²) in [7, 11) is 0. The molecule has 0 saturated carbocycles.